The van der Waals surface area contributed by atoms with E-state index in [0.29, 0.717) is 38.6 Å². The molecule has 1 aromatic rings. The third-order valence-electron chi connectivity index (χ3n) is 2.99. The quantitative estimate of drug-likeness (QED) is 0.634. The van der Waals surface area contributed by atoms with Crippen molar-refractivity contribution < 1.29 is 13.2 Å². The number of thioether (sulfide) groups is 1. The van der Waals surface area contributed by atoms with Crippen molar-refractivity contribution >= 4 is 22.0 Å². The highest BCUT2D eigenvalue weighted by atomic mass is 32.2. The molecular weight excluding hydrogens is 296 g/mol. The number of aryl methyl sites for hydroxylation is 1. The molecule has 0 saturated carbocycles. The van der Waals surface area contributed by atoms with Crippen LogP contribution in [-0.2, 0) is 14.9 Å². The second-order valence-corrected chi connectivity index (χ2v) is 7.50. The Morgan fingerprint density at radius 2 is 1.90 bits per heavy atom. The molecule has 1 aromatic carbocycles. The van der Waals surface area contributed by atoms with Gasteiger partial charge in [0, 0.05) is 30.3 Å². The third kappa shape index (κ3) is 4.75. The molecule has 1 heterocycles. The summed E-state index contributed by atoms with van der Waals surface area (Å²) in [7, 11) is -3.35. The Balaban J connectivity index is 1.73. The minimum Gasteiger partial charge on any atom is -0.379 e. The van der Waals surface area contributed by atoms with E-state index < -0.39 is 10.2 Å². The molecule has 112 valence electrons. The molecule has 1 fully saturated rings. The van der Waals surface area contributed by atoms with Crippen LogP contribution in [0.4, 0.5) is 0 Å². The molecule has 0 bridgehead atoms. The van der Waals surface area contributed by atoms with Crippen LogP contribution in [0.5, 0.6) is 0 Å². The highest BCUT2D eigenvalue weighted by Gasteiger charge is 2.23. The first-order valence-electron chi connectivity index (χ1n) is 6.60. The average molecular weight is 316 g/mol. The summed E-state index contributed by atoms with van der Waals surface area (Å²) < 4.78 is 33.2. The van der Waals surface area contributed by atoms with Crippen molar-refractivity contribution in [1.82, 2.24) is 9.03 Å². The Labute approximate surface area is 124 Å². The van der Waals surface area contributed by atoms with Gasteiger partial charge in [-0.3, -0.25) is 0 Å². The topological polar surface area (TPSA) is 58.6 Å². The van der Waals surface area contributed by atoms with Crippen molar-refractivity contribution in [3.05, 3.63) is 29.8 Å². The van der Waals surface area contributed by atoms with E-state index in [1.54, 1.807) is 11.8 Å². The van der Waals surface area contributed by atoms with E-state index in [1.165, 1.54) is 9.87 Å². The van der Waals surface area contributed by atoms with Crippen LogP contribution in [0.3, 0.4) is 0 Å². The largest absolute Gasteiger partial charge is 0.379 e. The number of hydrogen-bond donors (Lipinski definition) is 1. The predicted molar refractivity (Wildman–Crippen MR) is 81.2 cm³/mol. The minimum absolute atomic E-state index is 0.429. The van der Waals surface area contributed by atoms with Gasteiger partial charge in [0.05, 0.1) is 13.2 Å². The summed E-state index contributed by atoms with van der Waals surface area (Å²) in [5.74, 6) is 0.715. The molecule has 1 N–H and O–H groups in total. The van der Waals surface area contributed by atoms with E-state index in [-0.39, 0.29) is 0 Å². The Bertz CT molecular complexity index is 511. The fraction of sp³-hybridized carbons (Fsp3) is 0.538. The van der Waals surface area contributed by atoms with Crippen molar-refractivity contribution in [1.29, 1.82) is 0 Å². The zero-order valence-corrected chi connectivity index (χ0v) is 13.2. The predicted octanol–water partition coefficient (Wildman–Crippen LogP) is 1.25. The highest BCUT2D eigenvalue weighted by Crippen LogP contribution is 2.17. The van der Waals surface area contributed by atoms with E-state index >= 15 is 0 Å². The SMILES string of the molecule is Cc1ccc(SCCNS(=O)(=O)N2CCOCC2)cc1. The fourth-order valence-electron chi connectivity index (χ4n) is 1.85. The van der Waals surface area contributed by atoms with Gasteiger partial charge in [0.25, 0.3) is 10.2 Å². The Kier molecular flexibility index (Phi) is 5.86. The summed E-state index contributed by atoms with van der Waals surface area (Å²) in [5.41, 5.74) is 1.22. The molecule has 0 atom stereocenters. The zero-order chi connectivity index (χ0) is 14.4. The molecule has 1 saturated heterocycles. The third-order valence-corrected chi connectivity index (χ3v) is 5.61. The summed E-state index contributed by atoms with van der Waals surface area (Å²) in [4.78, 5) is 1.15. The van der Waals surface area contributed by atoms with Crippen molar-refractivity contribution in [3.63, 3.8) is 0 Å². The van der Waals surface area contributed by atoms with Crippen LogP contribution in [0.15, 0.2) is 29.2 Å². The normalized spacial score (nSPS) is 17.2. The van der Waals surface area contributed by atoms with Crippen LogP contribution in [0.2, 0.25) is 0 Å². The first-order chi connectivity index (χ1) is 9.58. The summed E-state index contributed by atoms with van der Waals surface area (Å²) in [6, 6.07) is 8.22. The first-order valence-corrected chi connectivity index (χ1v) is 9.02. The monoisotopic (exact) mass is 316 g/mol. The lowest BCUT2D eigenvalue weighted by Crippen LogP contribution is -2.47. The Morgan fingerprint density at radius 1 is 1.25 bits per heavy atom. The maximum atomic E-state index is 12.0. The summed E-state index contributed by atoms with van der Waals surface area (Å²) in [6.45, 7) is 4.28. The van der Waals surface area contributed by atoms with Gasteiger partial charge in [-0.1, -0.05) is 17.7 Å². The molecular formula is C13H20N2O3S2. The van der Waals surface area contributed by atoms with Gasteiger partial charge < -0.3 is 4.74 Å². The van der Waals surface area contributed by atoms with Crippen molar-refractivity contribution in [3.8, 4) is 0 Å². The second kappa shape index (κ2) is 7.42. The average Bonchev–Trinajstić information content (AvgIpc) is 2.46. The van der Waals surface area contributed by atoms with E-state index in [4.69, 9.17) is 4.74 Å². The van der Waals surface area contributed by atoms with Gasteiger partial charge in [-0.2, -0.15) is 12.7 Å². The standard InChI is InChI=1S/C13H20N2O3S2/c1-12-2-4-13(5-3-12)19-11-6-14-20(16,17)15-7-9-18-10-8-15/h2-5,14H,6-11H2,1H3. The molecule has 0 amide bonds. The zero-order valence-electron chi connectivity index (χ0n) is 11.5. The molecule has 0 radical (unpaired) electrons. The molecule has 2 rings (SSSR count). The van der Waals surface area contributed by atoms with E-state index in [9.17, 15) is 8.42 Å². The molecule has 1 aliphatic heterocycles. The Hall–Kier alpha value is -0.600. The van der Waals surface area contributed by atoms with Gasteiger partial charge in [0.15, 0.2) is 0 Å². The van der Waals surface area contributed by atoms with E-state index in [1.807, 2.05) is 6.92 Å². The van der Waals surface area contributed by atoms with Crippen LogP contribution in [0, 0.1) is 6.92 Å². The van der Waals surface area contributed by atoms with Crippen molar-refractivity contribution in [2.45, 2.75) is 11.8 Å². The lowest BCUT2D eigenvalue weighted by atomic mass is 10.2. The fourth-order valence-corrected chi connectivity index (χ4v) is 3.92. The number of nitrogens with zero attached hydrogens (tertiary/aromatic N) is 1. The summed E-state index contributed by atoms with van der Waals surface area (Å²) in [6.07, 6.45) is 0. The lowest BCUT2D eigenvalue weighted by molar-refractivity contribution is 0.0725. The van der Waals surface area contributed by atoms with Crippen LogP contribution in [-0.4, -0.2) is 51.3 Å². The maximum Gasteiger partial charge on any atom is 0.279 e. The molecule has 20 heavy (non-hydrogen) atoms. The van der Waals surface area contributed by atoms with Crippen LogP contribution < -0.4 is 4.72 Å². The molecule has 0 aromatic heterocycles. The molecule has 7 heteroatoms. The van der Waals surface area contributed by atoms with Gasteiger partial charge in [-0.15, -0.1) is 11.8 Å². The van der Waals surface area contributed by atoms with Gasteiger partial charge in [-0.25, -0.2) is 4.72 Å². The number of benzene rings is 1. The van der Waals surface area contributed by atoms with E-state index in [2.05, 4.69) is 29.0 Å². The van der Waals surface area contributed by atoms with E-state index in [0.717, 1.165) is 4.90 Å². The molecule has 0 spiro atoms. The second-order valence-electron chi connectivity index (χ2n) is 4.57. The van der Waals surface area contributed by atoms with Gasteiger partial charge in [0.1, 0.15) is 0 Å². The highest BCUT2D eigenvalue weighted by molar-refractivity contribution is 7.99. The summed E-state index contributed by atoms with van der Waals surface area (Å²) in [5, 5.41) is 0. The van der Waals surface area contributed by atoms with Crippen LogP contribution in [0.1, 0.15) is 5.56 Å². The molecule has 1 aliphatic rings. The molecule has 0 aliphatic carbocycles. The first kappa shape index (κ1) is 15.8. The van der Waals surface area contributed by atoms with Gasteiger partial charge >= 0.3 is 0 Å². The van der Waals surface area contributed by atoms with Crippen LogP contribution >= 0.6 is 11.8 Å². The minimum atomic E-state index is -3.35. The van der Waals surface area contributed by atoms with Crippen molar-refractivity contribution in [2.24, 2.45) is 0 Å². The Morgan fingerprint density at radius 3 is 2.55 bits per heavy atom. The number of rotatable bonds is 6. The van der Waals surface area contributed by atoms with Gasteiger partial charge in [-0.05, 0) is 19.1 Å². The van der Waals surface area contributed by atoms with Crippen molar-refractivity contribution in [2.75, 3.05) is 38.6 Å². The number of ether oxygens (including phenoxy) is 1. The molecule has 0 unspecified atom stereocenters. The summed E-state index contributed by atoms with van der Waals surface area (Å²) >= 11 is 1.65. The van der Waals surface area contributed by atoms with Crippen LogP contribution in [0.25, 0.3) is 0 Å². The number of nitrogens with one attached hydrogen (secondary N) is 1. The number of morpholine rings is 1. The maximum absolute atomic E-state index is 12.0. The van der Waals surface area contributed by atoms with Gasteiger partial charge in [0.2, 0.25) is 0 Å². The number of hydrogen-bond acceptors (Lipinski definition) is 4. The molecule has 5 nitrogen and oxygen atoms in total. The smallest absolute Gasteiger partial charge is 0.279 e. The lowest BCUT2D eigenvalue weighted by Gasteiger charge is -2.26.